The Labute approximate surface area is 62.9 Å². The summed E-state index contributed by atoms with van der Waals surface area (Å²) in [6, 6.07) is 0. The summed E-state index contributed by atoms with van der Waals surface area (Å²) in [5, 5.41) is 8.89. The second kappa shape index (κ2) is 9.23. The average molecular weight is 149 g/mol. The van der Waals surface area contributed by atoms with Crippen LogP contribution >= 0.6 is 0 Å². The van der Waals surface area contributed by atoms with Crippen LogP contribution in [0.5, 0.6) is 0 Å². The smallest absolute Gasteiger partial charge is 0.550 e. The van der Waals surface area contributed by atoms with E-state index in [1.165, 1.54) is 0 Å². The molecule has 4 heteroatoms. The number of carboxylic acid groups (broad SMARTS) is 1. The number of carbonyl (C=O) groups is 1. The number of carbonyl (C=O) groups excluding carboxylic acids is 1. The minimum Gasteiger partial charge on any atom is -0.550 e. The van der Waals surface area contributed by atoms with Gasteiger partial charge in [0.2, 0.25) is 0 Å². The van der Waals surface area contributed by atoms with E-state index in [9.17, 15) is 0 Å². The normalized spacial score (nSPS) is 4.17. The number of carboxylic acids is 1. The van der Waals surface area contributed by atoms with Crippen molar-refractivity contribution in [2.45, 2.75) is 6.92 Å². The number of hydrogen-bond acceptors (Lipinski definition) is 2. The molecule has 0 bridgehead atoms. The monoisotopic (exact) mass is 148 g/mol. The van der Waals surface area contributed by atoms with E-state index in [-0.39, 0.29) is 40.1 Å². The van der Waals surface area contributed by atoms with Crippen molar-refractivity contribution in [2.75, 3.05) is 0 Å². The van der Waals surface area contributed by atoms with Gasteiger partial charge < -0.3 is 9.90 Å². The fourth-order valence-electron chi connectivity index (χ4n) is 0. The van der Waals surface area contributed by atoms with Crippen LogP contribution in [0.25, 0.3) is 0 Å². The van der Waals surface area contributed by atoms with Crippen LogP contribution in [-0.2, 0) is 21.9 Å². The Kier molecular flexibility index (Phi) is 24.4. The Morgan fingerprint density at radius 2 is 1.67 bits per heavy atom. The fraction of sp³-hybridized carbons (Fsp3) is 0.500. The Bertz CT molecular complexity index is 34.5. The van der Waals surface area contributed by atoms with E-state index < -0.39 is 5.97 Å². The number of hydrogen-bond donors (Lipinski definition) is 0. The fourth-order valence-corrected chi connectivity index (χ4v) is 0. The zero-order valence-corrected chi connectivity index (χ0v) is 3.56. The van der Waals surface area contributed by atoms with E-state index >= 15 is 0 Å². The second-order valence-electron chi connectivity index (χ2n) is 0.492. The predicted molar refractivity (Wildman–Crippen MR) is 19.2 cm³/mol. The van der Waals surface area contributed by atoms with Crippen LogP contribution in [0.1, 0.15) is 6.92 Å². The molecule has 0 aromatic carbocycles. The molecule has 38 valence electrons. The minimum atomic E-state index is -1.08. The third kappa shape index (κ3) is 117. The molecule has 0 fully saturated rings. The molecule has 0 aliphatic carbocycles. The molecule has 0 spiro atoms. The van der Waals surface area contributed by atoms with Crippen molar-refractivity contribution in [2.24, 2.45) is 0 Å². The van der Waals surface area contributed by atoms with E-state index in [4.69, 9.17) is 9.90 Å². The largest absolute Gasteiger partial charge is 1.00 e. The summed E-state index contributed by atoms with van der Waals surface area (Å²) in [6.45, 7) is 0.972. The van der Waals surface area contributed by atoms with Crippen LogP contribution in [-0.4, -0.2) is 29.0 Å². The van der Waals surface area contributed by atoms with E-state index in [0.717, 1.165) is 6.92 Å². The van der Waals surface area contributed by atoms with Gasteiger partial charge in [-0.15, -0.1) is 0 Å². The van der Waals surface area contributed by atoms with Crippen LogP contribution in [0.15, 0.2) is 0 Å². The summed E-state index contributed by atoms with van der Waals surface area (Å²) >= 11 is 0. The molecule has 0 amide bonds. The maximum Gasteiger partial charge on any atom is 1.00 e. The molecular formula is C2H5CuMgO2. The minimum absolute atomic E-state index is 0. The van der Waals surface area contributed by atoms with Crippen LogP contribution in [0.3, 0.4) is 0 Å². The second-order valence-corrected chi connectivity index (χ2v) is 0.492. The standard InChI is InChI=1S/C2H4O2.Cu.Mg.2H/c1-2(3)4;;;;/h1H3,(H,3,4);;;;/q;+1;;;/p-1. The van der Waals surface area contributed by atoms with Crippen LogP contribution in [0.4, 0.5) is 0 Å². The van der Waals surface area contributed by atoms with Crippen molar-refractivity contribution < 1.29 is 27.0 Å². The molecular weight excluding hydrogens is 144 g/mol. The van der Waals surface area contributed by atoms with Crippen molar-refractivity contribution in [3.63, 3.8) is 0 Å². The molecule has 0 aromatic heterocycles. The quantitative estimate of drug-likeness (QED) is 0.368. The van der Waals surface area contributed by atoms with Crippen LogP contribution in [0, 0.1) is 0 Å². The molecule has 0 saturated heterocycles. The van der Waals surface area contributed by atoms with Gasteiger partial charge in [-0.2, -0.15) is 0 Å². The molecule has 2 nitrogen and oxygen atoms in total. The summed E-state index contributed by atoms with van der Waals surface area (Å²) < 4.78 is 0. The summed E-state index contributed by atoms with van der Waals surface area (Å²) in [5.41, 5.74) is 0. The van der Waals surface area contributed by atoms with Gasteiger partial charge in [0.05, 0.1) is 0 Å². The Morgan fingerprint density at radius 3 is 1.67 bits per heavy atom. The van der Waals surface area contributed by atoms with Gasteiger partial charge in [-0.3, -0.25) is 0 Å². The Morgan fingerprint density at radius 1 is 1.67 bits per heavy atom. The van der Waals surface area contributed by atoms with Gasteiger partial charge in [-0.1, -0.05) is 0 Å². The van der Waals surface area contributed by atoms with Crippen LogP contribution in [0.2, 0.25) is 0 Å². The maximum absolute atomic E-state index is 8.89. The van der Waals surface area contributed by atoms with Crippen molar-refractivity contribution in [3.05, 3.63) is 0 Å². The van der Waals surface area contributed by atoms with E-state index in [0.29, 0.717) is 0 Å². The first kappa shape index (κ1) is 15.9. The summed E-state index contributed by atoms with van der Waals surface area (Å²) in [6.07, 6.45) is 0. The molecule has 6 heavy (non-hydrogen) atoms. The van der Waals surface area contributed by atoms with Crippen molar-refractivity contribution >= 4 is 29.0 Å². The average Bonchev–Trinajstić information content (AvgIpc) is 0.811. The van der Waals surface area contributed by atoms with Gasteiger partial charge in [-0.05, 0) is 6.92 Å². The maximum atomic E-state index is 8.89. The van der Waals surface area contributed by atoms with Gasteiger partial charge in [0.25, 0.3) is 0 Å². The van der Waals surface area contributed by atoms with Gasteiger partial charge in [-0.25, -0.2) is 0 Å². The van der Waals surface area contributed by atoms with E-state index in [1.54, 1.807) is 0 Å². The molecule has 0 saturated carbocycles. The third-order valence-corrected chi connectivity index (χ3v) is 0. The molecule has 0 N–H and O–H groups in total. The molecule has 0 rings (SSSR count). The van der Waals surface area contributed by atoms with E-state index in [1.807, 2.05) is 0 Å². The van der Waals surface area contributed by atoms with Crippen molar-refractivity contribution in [3.8, 4) is 0 Å². The summed E-state index contributed by atoms with van der Waals surface area (Å²) in [5.74, 6) is -1.08. The molecule has 0 unspecified atom stereocenters. The molecule has 0 radical (unpaired) electrons. The molecule has 0 heterocycles. The molecule has 0 aromatic rings. The van der Waals surface area contributed by atoms with Crippen LogP contribution < -0.4 is 5.11 Å². The number of aliphatic carboxylic acids is 1. The first-order valence-corrected chi connectivity index (χ1v) is 0.908. The molecule has 0 aliphatic rings. The molecule has 0 atom stereocenters. The van der Waals surface area contributed by atoms with Crippen molar-refractivity contribution in [1.29, 1.82) is 0 Å². The topological polar surface area (TPSA) is 40.1 Å². The number of rotatable bonds is 0. The van der Waals surface area contributed by atoms with Gasteiger partial charge in [0.15, 0.2) is 0 Å². The molecule has 0 aliphatic heterocycles. The first-order valence-electron chi connectivity index (χ1n) is 0.908. The zero-order valence-electron chi connectivity index (χ0n) is 2.62. The summed E-state index contributed by atoms with van der Waals surface area (Å²) in [7, 11) is 0. The SMILES string of the molecule is CC(=O)[O-].[Cu+].[MgH2]. The van der Waals surface area contributed by atoms with Gasteiger partial charge in [0, 0.05) is 5.97 Å². The van der Waals surface area contributed by atoms with Gasteiger partial charge in [0.1, 0.15) is 0 Å². The first-order chi connectivity index (χ1) is 1.73. The third-order valence-electron chi connectivity index (χ3n) is 0. The van der Waals surface area contributed by atoms with Gasteiger partial charge >= 0.3 is 40.1 Å². The Hall–Kier alpha value is 0.756. The predicted octanol–water partition coefficient (Wildman–Crippen LogP) is -2.16. The summed E-state index contributed by atoms with van der Waals surface area (Å²) in [4.78, 5) is 8.89. The Balaban J connectivity index is -0.0000000450. The van der Waals surface area contributed by atoms with Crippen molar-refractivity contribution in [1.82, 2.24) is 0 Å². The zero-order chi connectivity index (χ0) is 3.58. The van der Waals surface area contributed by atoms with E-state index in [2.05, 4.69) is 0 Å².